The van der Waals surface area contributed by atoms with Crippen LogP contribution < -0.4 is 0 Å². The molecule has 3 aromatic rings. The molecule has 1 aromatic carbocycles. The SMILES string of the molecule is Cc1cc(-c2ccc3c(c2)ncn3C)on1. The molecule has 0 aliphatic carbocycles. The van der Waals surface area contributed by atoms with Crippen LogP contribution in [-0.4, -0.2) is 14.7 Å². The number of hydrogen-bond donors (Lipinski definition) is 0. The molecule has 80 valence electrons. The first kappa shape index (κ1) is 9.15. The van der Waals surface area contributed by atoms with Crippen molar-refractivity contribution in [2.24, 2.45) is 7.05 Å². The minimum absolute atomic E-state index is 0.782. The molecule has 3 rings (SSSR count). The van der Waals surface area contributed by atoms with Gasteiger partial charge in [0.25, 0.3) is 0 Å². The molecule has 0 N–H and O–H groups in total. The largest absolute Gasteiger partial charge is 0.356 e. The maximum Gasteiger partial charge on any atom is 0.167 e. The molecule has 0 amide bonds. The van der Waals surface area contributed by atoms with Gasteiger partial charge in [-0.1, -0.05) is 5.16 Å². The van der Waals surface area contributed by atoms with Gasteiger partial charge in [-0.2, -0.15) is 0 Å². The Bertz CT molecular complexity index is 651. The monoisotopic (exact) mass is 213 g/mol. The molecule has 16 heavy (non-hydrogen) atoms. The summed E-state index contributed by atoms with van der Waals surface area (Å²) in [6, 6.07) is 7.98. The van der Waals surface area contributed by atoms with Crippen molar-refractivity contribution in [3.05, 3.63) is 36.3 Å². The van der Waals surface area contributed by atoms with Gasteiger partial charge in [0.1, 0.15) is 0 Å². The van der Waals surface area contributed by atoms with Crippen molar-refractivity contribution in [1.82, 2.24) is 14.7 Å². The van der Waals surface area contributed by atoms with Crippen molar-refractivity contribution in [2.75, 3.05) is 0 Å². The highest BCUT2D eigenvalue weighted by Gasteiger charge is 2.06. The van der Waals surface area contributed by atoms with Crippen LogP contribution in [0.2, 0.25) is 0 Å². The zero-order chi connectivity index (χ0) is 11.1. The lowest BCUT2D eigenvalue weighted by atomic mass is 10.1. The van der Waals surface area contributed by atoms with E-state index in [9.17, 15) is 0 Å². The van der Waals surface area contributed by atoms with Gasteiger partial charge in [0.15, 0.2) is 5.76 Å². The Morgan fingerprint density at radius 2 is 2.12 bits per heavy atom. The average Bonchev–Trinajstić information content (AvgIpc) is 2.86. The van der Waals surface area contributed by atoms with Crippen molar-refractivity contribution >= 4 is 11.0 Å². The molecule has 0 fully saturated rings. The number of imidazole rings is 1. The van der Waals surface area contributed by atoms with E-state index in [0.29, 0.717) is 0 Å². The number of hydrogen-bond acceptors (Lipinski definition) is 3. The van der Waals surface area contributed by atoms with Crippen molar-refractivity contribution < 1.29 is 4.52 Å². The Hall–Kier alpha value is -2.10. The fourth-order valence-electron chi connectivity index (χ4n) is 1.79. The fourth-order valence-corrected chi connectivity index (χ4v) is 1.79. The predicted molar refractivity (Wildman–Crippen MR) is 60.9 cm³/mol. The van der Waals surface area contributed by atoms with E-state index < -0.39 is 0 Å². The molecule has 4 nitrogen and oxygen atoms in total. The highest BCUT2D eigenvalue weighted by Crippen LogP contribution is 2.23. The number of fused-ring (bicyclic) bond motifs is 1. The van der Waals surface area contributed by atoms with Crippen molar-refractivity contribution in [3.63, 3.8) is 0 Å². The van der Waals surface area contributed by atoms with E-state index in [1.165, 1.54) is 0 Å². The zero-order valence-corrected chi connectivity index (χ0v) is 9.14. The minimum Gasteiger partial charge on any atom is -0.356 e. The molecular weight excluding hydrogens is 202 g/mol. The van der Waals surface area contributed by atoms with E-state index >= 15 is 0 Å². The van der Waals surface area contributed by atoms with Crippen LogP contribution in [0.5, 0.6) is 0 Å². The summed E-state index contributed by atoms with van der Waals surface area (Å²) in [5.41, 5.74) is 3.97. The topological polar surface area (TPSA) is 43.9 Å². The highest BCUT2D eigenvalue weighted by molar-refractivity contribution is 5.80. The Morgan fingerprint density at radius 3 is 2.88 bits per heavy atom. The van der Waals surface area contributed by atoms with Gasteiger partial charge in [-0.3, -0.25) is 0 Å². The van der Waals surface area contributed by atoms with Crippen LogP contribution in [0.1, 0.15) is 5.69 Å². The third kappa shape index (κ3) is 1.31. The molecule has 2 aromatic heterocycles. The number of aromatic nitrogens is 3. The molecule has 0 saturated carbocycles. The second-order valence-electron chi connectivity index (χ2n) is 3.89. The first-order chi connectivity index (χ1) is 7.74. The second kappa shape index (κ2) is 3.20. The summed E-state index contributed by atoms with van der Waals surface area (Å²) in [6.07, 6.45) is 1.81. The molecule has 0 spiro atoms. The van der Waals surface area contributed by atoms with Gasteiger partial charge < -0.3 is 9.09 Å². The summed E-state index contributed by atoms with van der Waals surface area (Å²) in [6.45, 7) is 1.91. The lowest BCUT2D eigenvalue weighted by molar-refractivity contribution is 0.427. The zero-order valence-electron chi connectivity index (χ0n) is 9.14. The van der Waals surface area contributed by atoms with Gasteiger partial charge in [0.05, 0.1) is 23.1 Å². The number of nitrogens with zero attached hydrogens (tertiary/aromatic N) is 3. The minimum atomic E-state index is 0.782. The standard InChI is InChI=1S/C12H11N3O/c1-8-5-12(16-14-8)9-3-4-11-10(6-9)13-7-15(11)2/h3-7H,1-2H3. The molecule has 0 aliphatic rings. The highest BCUT2D eigenvalue weighted by atomic mass is 16.5. The number of aryl methyl sites for hydroxylation is 2. The van der Waals surface area contributed by atoms with Crippen molar-refractivity contribution in [1.29, 1.82) is 0 Å². The summed E-state index contributed by atoms with van der Waals surface area (Å²) in [4.78, 5) is 4.31. The van der Waals surface area contributed by atoms with Gasteiger partial charge in [0, 0.05) is 18.7 Å². The molecule has 0 bridgehead atoms. The molecule has 0 radical (unpaired) electrons. The average molecular weight is 213 g/mol. The molecule has 0 unspecified atom stereocenters. The van der Waals surface area contributed by atoms with Crippen LogP contribution >= 0.6 is 0 Å². The molecule has 4 heteroatoms. The predicted octanol–water partition coefficient (Wildman–Crippen LogP) is 2.54. The van der Waals surface area contributed by atoms with Crippen LogP contribution in [0, 0.1) is 6.92 Å². The molecule has 0 aliphatic heterocycles. The van der Waals surface area contributed by atoms with Gasteiger partial charge >= 0.3 is 0 Å². The Labute approximate surface area is 92.5 Å². The molecular formula is C12H11N3O. The van der Waals surface area contributed by atoms with Crippen LogP contribution in [0.15, 0.2) is 35.1 Å². The third-order valence-electron chi connectivity index (χ3n) is 2.64. The summed E-state index contributed by atoms with van der Waals surface area (Å²) < 4.78 is 7.21. The van der Waals surface area contributed by atoms with Gasteiger partial charge in [-0.05, 0) is 25.1 Å². The van der Waals surface area contributed by atoms with E-state index in [4.69, 9.17) is 4.52 Å². The van der Waals surface area contributed by atoms with E-state index in [0.717, 1.165) is 28.1 Å². The van der Waals surface area contributed by atoms with Crippen LogP contribution in [0.25, 0.3) is 22.4 Å². The van der Waals surface area contributed by atoms with Gasteiger partial charge in [-0.25, -0.2) is 4.98 Å². The lowest BCUT2D eigenvalue weighted by Gasteiger charge is -1.96. The Balaban J connectivity index is 2.18. The van der Waals surface area contributed by atoms with Crippen molar-refractivity contribution in [3.8, 4) is 11.3 Å². The maximum atomic E-state index is 5.22. The maximum absolute atomic E-state index is 5.22. The van der Waals surface area contributed by atoms with Crippen LogP contribution in [0.3, 0.4) is 0 Å². The third-order valence-corrected chi connectivity index (χ3v) is 2.64. The molecule has 2 heterocycles. The first-order valence-corrected chi connectivity index (χ1v) is 5.09. The summed E-state index contributed by atoms with van der Waals surface area (Å²) in [5.74, 6) is 0.782. The van der Waals surface area contributed by atoms with Gasteiger partial charge in [0.2, 0.25) is 0 Å². The van der Waals surface area contributed by atoms with E-state index in [1.807, 2.05) is 42.8 Å². The first-order valence-electron chi connectivity index (χ1n) is 5.09. The lowest BCUT2D eigenvalue weighted by Crippen LogP contribution is -1.83. The summed E-state index contributed by atoms with van der Waals surface area (Å²) >= 11 is 0. The summed E-state index contributed by atoms with van der Waals surface area (Å²) in [7, 11) is 1.98. The van der Waals surface area contributed by atoms with E-state index in [-0.39, 0.29) is 0 Å². The second-order valence-corrected chi connectivity index (χ2v) is 3.89. The summed E-state index contributed by atoms with van der Waals surface area (Å²) in [5, 5.41) is 3.88. The van der Waals surface area contributed by atoms with Gasteiger partial charge in [-0.15, -0.1) is 0 Å². The van der Waals surface area contributed by atoms with Crippen LogP contribution in [-0.2, 0) is 7.05 Å². The smallest absolute Gasteiger partial charge is 0.167 e. The van der Waals surface area contributed by atoms with Crippen LogP contribution in [0.4, 0.5) is 0 Å². The quantitative estimate of drug-likeness (QED) is 0.624. The van der Waals surface area contributed by atoms with Crippen molar-refractivity contribution in [2.45, 2.75) is 6.92 Å². The number of benzene rings is 1. The molecule has 0 saturated heterocycles. The van der Waals surface area contributed by atoms with E-state index in [1.54, 1.807) is 6.33 Å². The van der Waals surface area contributed by atoms with E-state index in [2.05, 4.69) is 10.1 Å². The number of rotatable bonds is 1. The Kier molecular flexibility index (Phi) is 1.83. The fraction of sp³-hybridized carbons (Fsp3) is 0.167. The molecule has 0 atom stereocenters. The Morgan fingerprint density at radius 1 is 1.25 bits per heavy atom. The normalized spacial score (nSPS) is 11.1.